The van der Waals surface area contributed by atoms with Crippen molar-refractivity contribution in [2.24, 2.45) is 11.8 Å². The minimum absolute atomic E-state index is 0.0106. The molecule has 2 saturated carbocycles. The average molecular weight is 263 g/mol. The van der Waals surface area contributed by atoms with Crippen molar-refractivity contribution in [2.45, 2.75) is 38.1 Å². The third kappa shape index (κ3) is 2.66. The van der Waals surface area contributed by atoms with Crippen LogP contribution in [0.5, 0.6) is 0 Å². The predicted molar refractivity (Wildman–Crippen MR) is 73.2 cm³/mol. The lowest BCUT2D eigenvalue weighted by atomic mass is 9.97. The number of anilines is 1. The molecule has 2 fully saturated rings. The van der Waals surface area contributed by atoms with Gasteiger partial charge in [-0.05, 0) is 37.5 Å². The summed E-state index contributed by atoms with van der Waals surface area (Å²) in [6.45, 7) is 0.989. The van der Waals surface area contributed by atoms with Crippen LogP contribution in [0.4, 0.5) is 5.82 Å². The summed E-state index contributed by atoms with van der Waals surface area (Å²) < 4.78 is 1.79. The molecular formula is C14H21N3O2. The van der Waals surface area contributed by atoms with E-state index in [0.29, 0.717) is 23.7 Å². The van der Waals surface area contributed by atoms with Crippen molar-refractivity contribution in [1.29, 1.82) is 0 Å². The number of aliphatic hydroxyl groups excluding tert-OH is 1. The van der Waals surface area contributed by atoms with Crippen LogP contribution in [0.15, 0.2) is 17.2 Å². The zero-order valence-electron chi connectivity index (χ0n) is 11.1. The van der Waals surface area contributed by atoms with Gasteiger partial charge in [-0.1, -0.05) is 6.42 Å². The van der Waals surface area contributed by atoms with Crippen molar-refractivity contribution in [3.05, 3.63) is 22.7 Å². The molecule has 0 radical (unpaired) electrons. The third-order valence-corrected chi connectivity index (χ3v) is 4.39. The first-order valence-corrected chi connectivity index (χ1v) is 7.21. The molecule has 0 saturated heterocycles. The molecule has 1 heterocycles. The van der Waals surface area contributed by atoms with Gasteiger partial charge in [-0.2, -0.15) is 0 Å². The molecule has 5 heteroatoms. The molecule has 0 bridgehead atoms. The predicted octanol–water partition coefficient (Wildman–Crippen LogP) is 1.40. The van der Waals surface area contributed by atoms with E-state index < -0.39 is 0 Å². The highest BCUT2D eigenvalue weighted by molar-refractivity contribution is 5.31. The average Bonchev–Trinajstić information content (AvgIpc) is 3.16. The molecule has 3 rings (SSSR count). The smallest absolute Gasteiger partial charge is 0.293 e. The van der Waals surface area contributed by atoms with Crippen molar-refractivity contribution >= 4 is 5.82 Å². The normalized spacial score (nSPS) is 26.6. The van der Waals surface area contributed by atoms with E-state index in [2.05, 4.69) is 10.3 Å². The molecule has 19 heavy (non-hydrogen) atoms. The Morgan fingerprint density at radius 1 is 1.32 bits per heavy atom. The lowest BCUT2D eigenvalue weighted by molar-refractivity contribution is 0.199. The maximum Gasteiger partial charge on any atom is 0.293 e. The van der Waals surface area contributed by atoms with E-state index in [9.17, 15) is 9.90 Å². The monoisotopic (exact) mass is 263 g/mol. The molecule has 2 aliphatic rings. The van der Waals surface area contributed by atoms with Gasteiger partial charge in [0.05, 0.1) is 0 Å². The standard InChI is InChI=1S/C14H21N3O2/c18-9-11-3-1-2-10(11)8-16-13-14(19)17(7-6-15-13)12-4-5-12/h6-7,10-12,18H,1-5,8-9H2,(H,15,16). The van der Waals surface area contributed by atoms with Gasteiger partial charge in [-0.25, -0.2) is 4.98 Å². The summed E-state index contributed by atoms with van der Waals surface area (Å²) in [5.41, 5.74) is -0.0106. The van der Waals surface area contributed by atoms with E-state index in [0.717, 1.165) is 32.2 Å². The molecule has 0 amide bonds. The van der Waals surface area contributed by atoms with Crippen LogP contribution >= 0.6 is 0 Å². The molecule has 2 unspecified atom stereocenters. The molecule has 2 N–H and O–H groups in total. The second kappa shape index (κ2) is 5.33. The van der Waals surface area contributed by atoms with E-state index in [1.165, 1.54) is 6.42 Å². The first-order valence-electron chi connectivity index (χ1n) is 7.21. The Labute approximate surface area is 112 Å². The van der Waals surface area contributed by atoms with Crippen LogP contribution in [0, 0.1) is 11.8 Å². The lowest BCUT2D eigenvalue weighted by Gasteiger charge is -2.18. The highest BCUT2D eigenvalue weighted by Gasteiger charge is 2.28. The number of nitrogens with zero attached hydrogens (tertiary/aromatic N) is 2. The summed E-state index contributed by atoms with van der Waals surface area (Å²) >= 11 is 0. The van der Waals surface area contributed by atoms with Gasteiger partial charge in [-0.3, -0.25) is 4.79 Å². The SMILES string of the molecule is O=c1c(NCC2CCCC2CO)nccn1C1CC1. The van der Waals surface area contributed by atoms with Crippen molar-refractivity contribution < 1.29 is 5.11 Å². The van der Waals surface area contributed by atoms with Crippen LogP contribution in [-0.2, 0) is 0 Å². The fourth-order valence-electron chi connectivity index (χ4n) is 3.04. The Kier molecular flexibility index (Phi) is 3.55. The van der Waals surface area contributed by atoms with E-state index in [4.69, 9.17) is 0 Å². The molecule has 104 valence electrons. The van der Waals surface area contributed by atoms with Crippen molar-refractivity contribution in [3.8, 4) is 0 Å². The summed E-state index contributed by atoms with van der Waals surface area (Å²) in [6.07, 6.45) is 9.06. The summed E-state index contributed by atoms with van der Waals surface area (Å²) in [6, 6.07) is 0.382. The Bertz CT molecular complexity index is 496. The van der Waals surface area contributed by atoms with E-state index in [-0.39, 0.29) is 12.2 Å². The minimum atomic E-state index is -0.0106. The molecule has 0 aliphatic heterocycles. The van der Waals surface area contributed by atoms with Gasteiger partial charge >= 0.3 is 0 Å². The van der Waals surface area contributed by atoms with Crippen molar-refractivity contribution in [1.82, 2.24) is 9.55 Å². The number of nitrogens with one attached hydrogen (secondary N) is 1. The highest BCUT2D eigenvalue weighted by Crippen LogP contribution is 2.33. The minimum Gasteiger partial charge on any atom is -0.396 e. The maximum atomic E-state index is 12.2. The molecular weight excluding hydrogens is 242 g/mol. The fourth-order valence-corrected chi connectivity index (χ4v) is 3.04. The second-order valence-corrected chi connectivity index (χ2v) is 5.73. The number of aliphatic hydroxyl groups is 1. The van der Waals surface area contributed by atoms with Gasteiger partial charge in [0.2, 0.25) is 0 Å². The number of hydrogen-bond donors (Lipinski definition) is 2. The zero-order chi connectivity index (χ0) is 13.2. The van der Waals surface area contributed by atoms with Gasteiger partial charge in [0.15, 0.2) is 5.82 Å². The Morgan fingerprint density at radius 3 is 2.84 bits per heavy atom. The second-order valence-electron chi connectivity index (χ2n) is 5.73. The Morgan fingerprint density at radius 2 is 2.11 bits per heavy atom. The van der Waals surface area contributed by atoms with Crippen molar-refractivity contribution in [3.63, 3.8) is 0 Å². The molecule has 0 spiro atoms. The van der Waals surface area contributed by atoms with Gasteiger partial charge in [0, 0.05) is 31.6 Å². The van der Waals surface area contributed by atoms with Crippen LogP contribution in [0.2, 0.25) is 0 Å². The lowest BCUT2D eigenvalue weighted by Crippen LogP contribution is -2.27. The molecule has 2 aliphatic carbocycles. The highest BCUT2D eigenvalue weighted by atomic mass is 16.3. The summed E-state index contributed by atoms with van der Waals surface area (Å²) in [4.78, 5) is 16.3. The van der Waals surface area contributed by atoms with Crippen LogP contribution in [0.3, 0.4) is 0 Å². The number of hydrogen-bond acceptors (Lipinski definition) is 4. The first kappa shape index (κ1) is 12.7. The van der Waals surface area contributed by atoms with Crippen LogP contribution < -0.4 is 10.9 Å². The zero-order valence-corrected chi connectivity index (χ0v) is 11.1. The Balaban J connectivity index is 1.66. The van der Waals surface area contributed by atoms with Gasteiger partial charge < -0.3 is 15.0 Å². The van der Waals surface area contributed by atoms with Crippen LogP contribution in [0.25, 0.3) is 0 Å². The van der Waals surface area contributed by atoms with Crippen LogP contribution in [-0.4, -0.2) is 27.8 Å². The summed E-state index contributed by atoms with van der Waals surface area (Å²) in [5.74, 6) is 1.29. The van der Waals surface area contributed by atoms with E-state index in [1.807, 2.05) is 0 Å². The molecule has 2 atom stereocenters. The van der Waals surface area contributed by atoms with Crippen LogP contribution in [0.1, 0.15) is 38.1 Å². The summed E-state index contributed by atoms with van der Waals surface area (Å²) in [5, 5.41) is 12.5. The maximum absolute atomic E-state index is 12.2. The van der Waals surface area contributed by atoms with E-state index in [1.54, 1.807) is 17.0 Å². The topological polar surface area (TPSA) is 67.2 Å². The number of aromatic nitrogens is 2. The van der Waals surface area contributed by atoms with Crippen molar-refractivity contribution in [2.75, 3.05) is 18.5 Å². The molecule has 1 aromatic rings. The fraction of sp³-hybridized carbons (Fsp3) is 0.714. The van der Waals surface area contributed by atoms with E-state index >= 15 is 0 Å². The van der Waals surface area contributed by atoms with Gasteiger partial charge in [0.25, 0.3) is 5.56 Å². The number of rotatable bonds is 5. The van der Waals surface area contributed by atoms with Gasteiger partial charge in [-0.15, -0.1) is 0 Å². The first-order chi connectivity index (χ1) is 9.29. The summed E-state index contributed by atoms with van der Waals surface area (Å²) in [7, 11) is 0. The molecule has 5 nitrogen and oxygen atoms in total. The van der Waals surface area contributed by atoms with Gasteiger partial charge in [0.1, 0.15) is 0 Å². The Hall–Kier alpha value is -1.36. The quantitative estimate of drug-likeness (QED) is 0.842. The third-order valence-electron chi connectivity index (χ3n) is 4.39. The molecule has 1 aromatic heterocycles. The molecule has 0 aromatic carbocycles. The largest absolute Gasteiger partial charge is 0.396 e.